The summed E-state index contributed by atoms with van der Waals surface area (Å²) < 4.78 is 32.4. The fraction of sp³-hybridized carbons (Fsp3) is 0.150. The first-order valence-corrected chi connectivity index (χ1v) is 8.40. The quantitative estimate of drug-likeness (QED) is 0.791. The molecular formula is C20H15F2N2O5-. The SMILES string of the molecule is COC(=O)C1=C(C)N(c2cccc(C(=O)[O-])c2)C(=O)N[C@@H]1c1ccc(F)cc1F. The number of nitrogens with zero attached hydrogens (tertiary/aromatic N) is 1. The van der Waals surface area contributed by atoms with Gasteiger partial charge in [0.1, 0.15) is 11.6 Å². The van der Waals surface area contributed by atoms with Gasteiger partial charge in [-0.3, -0.25) is 4.90 Å². The molecule has 0 saturated carbocycles. The summed E-state index contributed by atoms with van der Waals surface area (Å²) in [4.78, 5) is 37.4. The minimum absolute atomic E-state index is 0.0866. The van der Waals surface area contributed by atoms with Crippen LogP contribution in [0.15, 0.2) is 53.7 Å². The topological polar surface area (TPSA) is 98.8 Å². The highest BCUT2D eigenvalue weighted by atomic mass is 19.1. The van der Waals surface area contributed by atoms with E-state index in [0.717, 1.165) is 24.1 Å². The van der Waals surface area contributed by atoms with Crippen LogP contribution in [0.25, 0.3) is 0 Å². The lowest BCUT2D eigenvalue weighted by atomic mass is 9.94. The summed E-state index contributed by atoms with van der Waals surface area (Å²) >= 11 is 0. The maximum absolute atomic E-state index is 14.3. The monoisotopic (exact) mass is 401 g/mol. The van der Waals surface area contributed by atoms with E-state index >= 15 is 0 Å². The molecule has 0 bridgehead atoms. The molecule has 1 heterocycles. The Morgan fingerprint density at radius 1 is 1.17 bits per heavy atom. The molecule has 9 heteroatoms. The van der Waals surface area contributed by atoms with Crippen LogP contribution in [0.5, 0.6) is 0 Å². The fourth-order valence-corrected chi connectivity index (χ4v) is 3.17. The number of ether oxygens (including phenoxy) is 1. The zero-order valence-corrected chi connectivity index (χ0v) is 15.4. The molecule has 29 heavy (non-hydrogen) atoms. The van der Waals surface area contributed by atoms with E-state index in [2.05, 4.69) is 5.32 Å². The zero-order valence-electron chi connectivity index (χ0n) is 15.4. The van der Waals surface area contributed by atoms with Crippen molar-refractivity contribution in [2.75, 3.05) is 12.0 Å². The van der Waals surface area contributed by atoms with Gasteiger partial charge in [0.15, 0.2) is 0 Å². The predicted octanol–water partition coefficient (Wildman–Crippen LogP) is 2.05. The molecule has 1 aliphatic rings. The third-order valence-corrected chi connectivity index (χ3v) is 4.50. The van der Waals surface area contributed by atoms with Gasteiger partial charge in [0.2, 0.25) is 0 Å². The predicted molar refractivity (Wildman–Crippen MR) is 95.6 cm³/mol. The molecule has 0 unspecified atom stereocenters. The summed E-state index contributed by atoms with van der Waals surface area (Å²) in [5, 5.41) is 13.6. The van der Waals surface area contributed by atoms with E-state index in [1.165, 1.54) is 31.2 Å². The Balaban J connectivity index is 2.17. The molecule has 3 rings (SSSR count). The lowest BCUT2D eigenvalue weighted by Crippen LogP contribution is -2.48. The highest BCUT2D eigenvalue weighted by Gasteiger charge is 2.38. The summed E-state index contributed by atoms with van der Waals surface area (Å²) in [6.45, 7) is 1.44. The number of hydrogen-bond acceptors (Lipinski definition) is 5. The molecule has 2 aromatic carbocycles. The number of carboxylic acid groups (broad SMARTS) is 1. The molecular weight excluding hydrogens is 386 g/mol. The van der Waals surface area contributed by atoms with Gasteiger partial charge in [-0.05, 0) is 30.7 Å². The minimum Gasteiger partial charge on any atom is -0.545 e. The molecule has 0 aliphatic carbocycles. The molecule has 1 N–H and O–H groups in total. The van der Waals surface area contributed by atoms with Crippen LogP contribution < -0.4 is 15.3 Å². The number of carboxylic acids is 1. The highest BCUT2D eigenvalue weighted by Crippen LogP contribution is 2.35. The molecule has 0 spiro atoms. The number of methoxy groups -OCH3 is 1. The van der Waals surface area contributed by atoms with Gasteiger partial charge in [-0.2, -0.15) is 0 Å². The normalized spacial score (nSPS) is 16.5. The number of rotatable bonds is 4. The number of halogens is 2. The van der Waals surface area contributed by atoms with E-state index in [1.54, 1.807) is 0 Å². The van der Waals surface area contributed by atoms with Gasteiger partial charge in [-0.15, -0.1) is 0 Å². The van der Waals surface area contributed by atoms with E-state index in [-0.39, 0.29) is 28.1 Å². The Morgan fingerprint density at radius 2 is 1.90 bits per heavy atom. The number of carbonyl (C=O) groups is 3. The average molecular weight is 401 g/mol. The number of esters is 1. The fourth-order valence-electron chi connectivity index (χ4n) is 3.17. The summed E-state index contributed by atoms with van der Waals surface area (Å²) in [6, 6.07) is 6.16. The van der Waals surface area contributed by atoms with Crippen LogP contribution in [0.3, 0.4) is 0 Å². The lowest BCUT2D eigenvalue weighted by Gasteiger charge is -2.35. The van der Waals surface area contributed by atoms with Gasteiger partial charge < -0.3 is 20.0 Å². The smallest absolute Gasteiger partial charge is 0.337 e. The number of carbonyl (C=O) groups excluding carboxylic acids is 3. The second-order valence-corrected chi connectivity index (χ2v) is 6.21. The molecule has 2 aromatic rings. The number of aromatic carboxylic acids is 1. The van der Waals surface area contributed by atoms with Crippen molar-refractivity contribution >= 4 is 23.7 Å². The first kappa shape index (κ1) is 20.0. The van der Waals surface area contributed by atoms with Crippen molar-refractivity contribution in [1.29, 1.82) is 0 Å². The Hall–Kier alpha value is -3.75. The number of amides is 2. The third kappa shape index (κ3) is 3.66. The van der Waals surface area contributed by atoms with Crippen molar-refractivity contribution < 1.29 is 33.0 Å². The Labute approximate surface area is 164 Å². The van der Waals surface area contributed by atoms with Crippen LogP contribution in [0.1, 0.15) is 28.9 Å². The van der Waals surface area contributed by atoms with Crippen LogP contribution in [0.2, 0.25) is 0 Å². The second kappa shape index (κ2) is 7.70. The van der Waals surface area contributed by atoms with Crippen molar-refractivity contribution in [3.63, 3.8) is 0 Å². The molecule has 0 aromatic heterocycles. The van der Waals surface area contributed by atoms with Crippen LogP contribution >= 0.6 is 0 Å². The standard InChI is InChI=1S/C20H16F2N2O5/c1-10-16(19(27)29-2)17(14-7-6-12(21)9-15(14)22)23-20(28)24(10)13-5-3-4-11(8-13)18(25)26/h3-9,17H,1-2H3,(H,23,28)(H,25,26)/p-1/t17-/m1/s1. The molecule has 1 aliphatic heterocycles. The number of anilines is 1. The maximum Gasteiger partial charge on any atom is 0.337 e. The number of nitrogens with one attached hydrogen (secondary N) is 1. The lowest BCUT2D eigenvalue weighted by molar-refractivity contribution is -0.255. The largest absolute Gasteiger partial charge is 0.545 e. The Kier molecular flexibility index (Phi) is 5.31. The number of urea groups is 1. The van der Waals surface area contributed by atoms with E-state index < -0.39 is 35.6 Å². The van der Waals surface area contributed by atoms with E-state index in [1.807, 2.05) is 0 Å². The second-order valence-electron chi connectivity index (χ2n) is 6.21. The van der Waals surface area contributed by atoms with Crippen molar-refractivity contribution in [3.8, 4) is 0 Å². The van der Waals surface area contributed by atoms with E-state index in [0.29, 0.717) is 6.07 Å². The van der Waals surface area contributed by atoms with Gasteiger partial charge in [-0.25, -0.2) is 18.4 Å². The summed E-state index contributed by atoms with van der Waals surface area (Å²) in [6.07, 6.45) is 0. The van der Waals surface area contributed by atoms with Crippen LogP contribution in [-0.2, 0) is 9.53 Å². The van der Waals surface area contributed by atoms with Crippen LogP contribution in [0.4, 0.5) is 19.3 Å². The van der Waals surface area contributed by atoms with Crippen LogP contribution in [-0.4, -0.2) is 25.1 Å². The van der Waals surface area contributed by atoms with Crippen molar-refractivity contribution in [1.82, 2.24) is 5.32 Å². The number of hydrogen-bond donors (Lipinski definition) is 1. The summed E-state index contributed by atoms with van der Waals surface area (Å²) in [5.41, 5.74) is -0.125. The Bertz CT molecular complexity index is 1050. The number of allylic oxidation sites excluding steroid dienone is 1. The van der Waals surface area contributed by atoms with Crippen LogP contribution in [0, 0.1) is 11.6 Å². The summed E-state index contributed by atoms with van der Waals surface area (Å²) in [7, 11) is 1.12. The van der Waals surface area contributed by atoms with Gasteiger partial charge in [0, 0.05) is 17.3 Å². The molecule has 0 saturated heterocycles. The van der Waals surface area contributed by atoms with Gasteiger partial charge in [0.25, 0.3) is 0 Å². The molecule has 0 radical (unpaired) electrons. The highest BCUT2D eigenvalue weighted by molar-refractivity contribution is 6.03. The van der Waals surface area contributed by atoms with Crippen molar-refractivity contribution in [2.45, 2.75) is 13.0 Å². The maximum atomic E-state index is 14.3. The molecule has 0 fully saturated rings. The number of benzene rings is 2. The van der Waals surface area contributed by atoms with Gasteiger partial charge >= 0.3 is 12.0 Å². The molecule has 150 valence electrons. The van der Waals surface area contributed by atoms with Crippen molar-refractivity contribution in [2.24, 2.45) is 0 Å². The third-order valence-electron chi connectivity index (χ3n) is 4.50. The molecule has 7 nitrogen and oxygen atoms in total. The Morgan fingerprint density at radius 3 is 2.52 bits per heavy atom. The van der Waals surface area contributed by atoms with E-state index in [9.17, 15) is 28.3 Å². The summed E-state index contributed by atoms with van der Waals surface area (Å²) in [5.74, 6) is -4.03. The molecule has 2 amide bonds. The zero-order chi connectivity index (χ0) is 21.3. The first-order valence-electron chi connectivity index (χ1n) is 8.40. The van der Waals surface area contributed by atoms with Crippen molar-refractivity contribution in [3.05, 3.63) is 76.5 Å². The van der Waals surface area contributed by atoms with E-state index in [4.69, 9.17) is 4.74 Å². The average Bonchev–Trinajstić information content (AvgIpc) is 2.67. The minimum atomic E-state index is -1.44. The first-order chi connectivity index (χ1) is 13.7. The van der Waals surface area contributed by atoms with Gasteiger partial charge in [-0.1, -0.05) is 18.2 Å². The van der Waals surface area contributed by atoms with Gasteiger partial charge in [0.05, 0.1) is 30.4 Å². The molecule has 1 atom stereocenters.